The van der Waals surface area contributed by atoms with E-state index >= 15 is 0 Å². The molecular formula is C21H26N2O3S. The quantitative estimate of drug-likeness (QED) is 0.827. The zero-order valence-electron chi connectivity index (χ0n) is 15.8. The van der Waals surface area contributed by atoms with Crippen LogP contribution < -0.4 is 5.32 Å². The van der Waals surface area contributed by atoms with Crippen LogP contribution in [0.1, 0.15) is 52.9 Å². The van der Waals surface area contributed by atoms with Crippen molar-refractivity contribution in [2.24, 2.45) is 0 Å². The number of carbonyl (C=O) groups excluding carboxylic acids is 1. The Morgan fingerprint density at radius 1 is 1.04 bits per heavy atom. The maximum atomic E-state index is 12.5. The van der Waals surface area contributed by atoms with Crippen molar-refractivity contribution in [3.8, 4) is 0 Å². The second kappa shape index (κ2) is 8.23. The molecule has 5 nitrogen and oxygen atoms in total. The first-order valence-electron chi connectivity index (χ1n) is 9.29. The molecule has 0 unspecified atom stereocenters. The van der Waals surface area contributed by atoms with Gasteiger partial charge in [0.15, 0.2) is 0 Å². The van der Waals surface area contributed by atoms with E-state index in [1.165, 1.54) is 5.56 Å². The summed E-state index contributed by atoms with van der Waals surface area (Å²) >= 11 is 0. The number of benzene rings is 2. The van der Waals surface area contributed by atoms with Gasteiger partial charge in [-0.1, -0.05) is 42.0 Å². The van der Waals surface area contributed by atoms with Crippen LogP contribution in [0.5, 0.6) is 0 Å². The highest BCUT2D eigenvalue weighted by molar-refractivity contribution is 7.88. The van der Waals surface area contributed by atoms with Crippen molar-refractivity contribution in [1.82, 2.24) is 9.62 Å². The lowest BCUT2D eigenvalue weighted by molar-refractivity contribution is 0.0940. The van der Waals surface area contributed by atoms with Crippen LogP contribution in [-0.2, 0) is 15.8 Å². The molecule has 0 aliphatic carbocycles. The first-order chi connectivity index (χ1) is 12.8. The third-order valence-electron chi connectivity index (χ3n) is 4.95. The Kier molecular flexibility index (Phi) is 5.97. The molecule has 1 saturated heterocycles. The maximum absolute atomic E-state index is 12.5. The molecule has 1 heterocycles. The molecule has 0 bridgehead atoms. The van der Waals surface area contributed by atoms with E-state index in [4.69, 9.17) is 0 Å². The van der Waals surface area contributed by atoms with Gasteiger partial charge in [0.2, 0.25) is 10.0 Å². The van der Waals surface area contributed by atoms with Crippen LogP contribution in [0.2, 0.25) is 0 Å². The van der Waals surface area contributed by atoms with Crippen LogP contribution in [0.25, 0.3) is 0 Å². The predicted molar refractivity (Wildman–Crippen MR) is 107 cm³/mol. The molecule has 2 aromatic rings. The van der Waals surface area contributed by atoms with Gasteiger partial charge >= 0.3 is 0 Å². The first-order valence-corrected chi connectivity index (χ1v) is 10.9. The zero-order valence-corrected chi connectivity index (χ0v) is 16.6. The topological polar surface area (TPSA) is 66.5 Å². The van der Waals surface area contributed by atoms with E-state index in [-0.39, 0.29) is 17.7 Å². The summed E-state index contributed by atoms with van der Waals surface area (Å²) in [6, 6.07) is 14.8. The molecule has 1 amide bonds. The Hall–Kier alpha value is -2.18. The van der Waals surface area contributed by atoms with Crippen LogP contribution >= 0.6 is 0 Å². The molecule has 6 heteroatoms. The van der Waals surface area contributed by atoms with E-state index in [0.29, 0.717) is 24.2 Å². The Morgan fingerprint density at radius 2 is 1.63 bits per heavy atom. The van der Waals surface area contributed by atoms with Gasteiger partial charge in [-0.25, -0.2) is 12.7 Å². The smallest absolute Gasteiger partial charge is 0.251 e. The lowest BCUT2D eigenvalue weighted by Gasteiger charge is -2.16. The Bertz CT molecular complexity index is 884. The van der Waals surface area contributed by atoms with Gasteiger partial charge in [0.25, 0.3) is 5.91 Å². The van der Waals surface area contributed by atoms with Crippen LogP contribution in [0.15, 0.2) is 48.5 Å². The highest BCUT2D eigenvalue weighted by Crippen LogP contribution is 2.18. The van der Waals surface area contributed by atoms with Crippen molar-refractivity contribution in [3.63, 3.8) is 0 Å². The minimum Gasteiger partial charge on any atom is -0.346 e. The largest absolute Gasteiger partial charge is 0.346 e. The van der Waals surface area contributed by atoms with Crippen molar-refractivity contribution < 1.29 is 13.2 Å². The fourth-order valence-corrected chi connectivity index (χ4v) is 4.85. The lowest BCUT2D eigenvalue weighted by Crippen LogP contribution is -2.29. The number of rotatable bonds is 6. The van der Waals surface area contributed by atoms with Gasteiger partial charge in [-0.2, -0.15) is 0 Å². The minimum absolute atomic E-state index is 0.0192. The van der Waals surface area contributed by atoms with Crippen molar-refractivity contribution in [1.29, 1.82) is 0 Å². The van der Waals surface area contributed by atoms with Gasteiger partial charge in [0.1, 0.15) is 0 Å². The number of carbonyl (C=O) groups is 1. The molecule has 2 aromatic carbocycles. The number of sulfonamides is 1. The summed E-state index contributed by atoms with van der Waals surface area (Å²) in [5.41, 5.74) is 3.44. The molecule has 0 radical (unpaired) electrons. The van der Waals surface area contributed by atoms with E-state index in [1.807, 2.05) is 38.1 Å². The highest BCUT2D eigenvalue weighted by Gasteiger charge is 2.25. The van der Waals surface area contributed by atoms with Gasteiger partial charge in [-0.15, -0.1) is 0 Å². The van der Waals surface area contributed by atoms with Gasteiger partial charge in [0.05, 0.1) is 11.8 Å². The minimum atomic E-state index is -3.27. The van der Waals surface area contributed by atoms with Gasteiger partial charge < -0.3 is 5.32 Å². The summed E-state index contributed by atoms with van der Waals surface area (Å²) in [5.74, 6) is -0.189. The molecule has 3 rings (SSSR count). The summed E-state index contributed by atoms with van der Waals surface area (Å²) in [7, 11) is -3.27. The maximum Gasteiger partial charge on any atom is 0.251 e. The van der Waals surface area contributed by atoms with Gasteiger partial charge in [-0.05, 0) is 49.9 Å². The summed E-state index contributed by atoms with van der Waals surface area (Å²) in [4.78, 5) is 12.5. The van der Waals surface area contributed by atoms with Crippen LogP contribution in [0.4, 0.5) is 0 Å². The molecule has 0 saturated carbocycles. The number of aryl methyl sites for hydroxylation is 1. The summed E-state index contributed by atoms with van der Waals surface area (Å²) in [6.07, 6.45) is 1.86. The van der Waals surface area contributed by atoms with E-state index in [0.717, 1.165) is 18.4 Å². The molecule has 0 aromatic heterocycles. The number of nitrogens with zero attached hydrogens (tertiary/aromatic N) is 1. The average molecular weight is 387 g/mol. The van der Waals surface area contributed by atoms with Crippen LogP contribution in [-0.4, -0.2) is 31.7 Å². The highest BCUT2D eigenvalue weighted by atomic mass is 32.2. The molecule has 144 valence electrons. The van der Waals surface area contributed by atoms with Crippen molar-refractivity contribution >= 4 is 15.9 Å². The predicted octanol–water partition coefficient (Wildman–Crippen LogP) is 3.41. The fourth-order valence-electron chi connectivity index (χ4n) is 3.24. The molecule has 0 spiro atoms. The Balaban J connectivity index is 1.62. The monoisotopic (exact) mass is 386 g/mol. The first kappa shape index (κ1) is 19.6. The summed E-state index contributed by atoms with van der Waals surface area (Å²) < 4.78 is 26.3. The van der Waals surface area contributed by atoms with Crippen LogP contribution in [0, 0.1) is 6.92 Å². The fraction of sp³-hybridized carbons (Fsp3) is 0.381. The van der Waals surface area contributed by atoms with Gasteiger partial charge in [0, 0.05) is 18.7 Å². The van der Waals surface area contributed by atoms with Crippen molar-refractivity contribution in [2.75, 3.05) is 13.1 Å². The molecule has 1 N–H and O–H groups in total. The Morgan fingerprint density at radius 3 is 2.22 bits per heavy atom. The standard InChI is InChI=1S/C21H26N2O3S/c1-16-5-9-19(10-6-16)17(2)22-21(24)20-11-7-18(8-12-20)15-27(25,26)23-13-3-4-14-23/h5-12,17H,3-4,13-15H2,1-2H3,(H,22,24)/t17-/m1/s1. The average Bonchev–Trinajstić information content (AvgIpc) is 3.18. The molecular weight excluding hydrogens is 360 g/mol. The number of nitrogens with one attached hydrogen (secondary N) is 1. The Labute approximate surface area is 161 Å². The molecule has 1 atom stereocenters. The second-order valence-corrected chi connectivity index (χ2v) is 9.13. The summed E-state index contributed by atoms with van der Waals surface area (Å²) in [5, 5.41) is 2.98. The summed E-state index contributed by atoms with van der Waals surface area (Å²) in [6.45, 7) is 5.19. The number of amides is 1. The third kappa shape index (κ3) is 4.96. The molecule has 1 fully saturated rings. The van der Waals surface area contributed by atoms with E-state index in [9.17, 15) is 13.2 Å². The van der Waals surface area contributed by atoms with Crippen molar-refractivity contribution in [3.05, 3.63) is 70.8 Å². The van der Waals surface area contributed by atoms with E-state index in [1.54, 1.807) is 28.6 Å². The molecule has 27 heavy (non-hydrogen) atoms. The van der Waals surface area contributed by atoms with Crippen LogP contribution in [0.3, 0.4) is 0 Å². The zero-order chi connectivity index (χ0) is 19.4. The van der Waals surface area contributed by atoms with Gasteiger partial charge in [-0.3, -0.25) is 4.79 Å². The second-order valence-electron chi connectivity index (χ2n) is 7.17. The lowest BCUT2D eigenvalue weighted by atomic mass is 10.1. The molecule has 1 aliphatic heterocycles. The SMILES string of the molecule is Cc1ccc([C@@H](C)NC(=O)c2ccc(CS(=O)(=O)N3CCCC3)cc2)cc1. The van der Waals surface area contributed by atoms with Crippen molar-refractivity contribution in [2.45, 2.75) is 38.5 Å². The number of hydrogen-bond donors (Lipinski definition) is 1. The molecule has 1 aliphatic rings. The van der Waals surface area contributed by atoms with E-state index in [2.05, 4.69) is 5.32 Å². The third-order valence-corrected chi connectivity index (χ3v) is 6.80. The number of hydrogen-bond acceptors (Lipinski definition) is 3. The normalized spacial score (nSPS) is 16.2. The van der Waals surface area contributed by atoms with E-state index < -0.39 is 10.0 Å².